The van der Waals surface area contributed by atoms with Gasteiger partial charge in [0.05, 0.1) is 5.56 Å². The number of aromatic nitrogens is 1. The Morgan fingerprint density at radius 2 is 2.20 bits per heavy atom. The van der Waals surface area contributed by atoms with Crippen LogP contribution in [0, 0.1) is 0 Å². The van der Waals surface area contributed by atoms with Gasteiger partial charge >= 0.3 is 0 Å². The third kappa shape index (κ3) is 1.52. The van der Waals surface area contributed by atoms with Crippen molar-refractivity contribution < 1.29 is 4.79 Å². The van der Waals surface area contributed by atoms with Crippen LogP contribution in [-0.4, -0.2) is 25.4 Å². The monoisotopic (exact) mass is 198 g/mol. The third-order valence-corrected chi connectivity index (χ3v) is 2.49. The fourth-order valence-corrected chi connectivity index (χ4v) is 1.73. The van der Waals surface area contributed by atoms with E-state index in [4.69, 9.17) is 7.85 Å². The molecule has 0 aliphatic carbocycles. The highest BCUT2D eigenvalue weighted by Gasteiger charge is 2.11. The Balaban J connectivity index is 2.75. The minimum atomic E-state index is -0.0915. The molecule has 1 amide bonds. The van der Waals surface area contributed by atoms with Gasteiger partial charge in [-0.25, -0.2) is 0 Å². The number of hydrogen-bond donors (Lipinski definition) is 1. The maximum absolute atomic E-state index is 11.6. The van der Waals surface area contributed by atoms with Gasteiger partial charge in [0.1, 0.15) is 7.85 Å². The number of nitrogens with zero attached hydrogens (tertiary/aromatic N) is 1. The number of aryl methyl sites for hydroxylation is 1. The zero-order valence-corrected chi connectivity index (χ0v) is 8.74. The first-order valence-corrected chi connectivity index (χ1v) is 4.70. The Morgan fingerprint density at radius 1 is 1.47 bits per heavy atom. The van der Waals surface area contributed by atoms with E-state index in [0.717, 1.165) is 10.9 Å². The Morgan fingerprint density at radius 3 is 2.87 bits per heavy atom. The molecular weight excluding hydrogens is 187 g/mol. The second-order valence-corrected chi connectivity index (χ2v) is 3.51. The molecule has 0 saturated heterocycles. The number of carbonyl (C=O) groups is 1. The summed E-state index contributed by atoms with van der Waals surface area (Å²) in [7, 11) is 9.23. The summed E-state index contributed by atoms with van der Waals surface area (Å²) in [4.78, 5) is 11.6. The van der Waals surface area contributed by atoms with Crippen molar-refractivity contribution in [3.8, 4) is 0 Å². The fourth-order valence-electron chi connectivity index (χ4n) is 1.73. The van der Waals surface area contributed by atoms with Crippen molar-refractivity contribution in [3.05, 3.63) is 30.0 Å². The zero-order valence-electron chi connectivity index (χ0n) is 8.74. The van der Waals surface area contributed by atoms with Crippen LogP contribution in [0.25, 0.3) is 10.9 Å². The molecule has 1 aromatic heterocycles. The third-order valence-electron chi connectivity index (χ3n) is 2.49. The van der Waals surface area contributed by atoms with Gasteiger partial charge in [0.15, 0.2) is 0 Å². The zero-order chi connectivity index (χ0) is 11.0. The summed E-state index contributed by atoms with van der Waals surface area (Å²) < 4.78 is 1.92. The van der Waals surface area contributed by atoms with Crippen LogP contribution in [0.4, 0.5) is 0 Å². The molecule has 0 spiro atoms. The van der Waals surface area contributed by atoms with Crippen LogP contribution in [-0.2, 0) is 7.05 Å². The molecule has 0 fully saturated rings. The predicted octanol–water partition coefficient (Wildman–Crippen LogP) is 0.332. The van der Waals surface area contributed by atoms with E-state index in [2.05, 4.69) is 5.32 Å². The Labute approximate surface area is 89.5 Å². The molecule has 15 heavy (non-hydrogen) atoms. The minimum absolute atomic E-state index is 0.0915. The summed E-state index contributed by atoms with van der Waals surface area (Å²) >= 11 is 0. The summed E-state index contributed by atoms with van der Waals surface area (Å²) in [6, 6.07) is 5.56. The van der Waals surface area contributed by atoms with Gasteiger partial charge in [-0.3, -0.25) is 4.79 Å². The van der Waals surface area contributed by atoms with Gasteiger partial charge in [-0.2, -0.15) is 0 Å². The van der Waals surface area contributed by atoms with Gasteiger partial charge in [0.25, 0.3) is 5.91 Å². The average Bonchev–Trinajstić information content (AvgIpc) is 2.54. The van der Waals surface area contributed by atoms with E-state index in [-0.39, 0.29) is 5.91 Å². The van der Waals surface area contributed by atoms with Crippen LogP contribution in [0.1, 0.15) is 10.4 Å². The van der Waals surface area contributed by atoms with Gasteiger partial charge in [-0.05, 0) is 6.07 Å². The van der Waals surface area contributed by atoms with Crippen molar-refractivity contribution in [2.45, 2.75) is 0 Å². The summed E-state index contributed by atoms with van der Waals surface area (Å²) in [6.07, 6.45) is 1.81. The van der Waals surface area contributed by atoms with E-state index < -0.39 is 0 Å². The molecular formula is C11H11BN2O. The van der Waals surface area contributed by atoms with Crippen molar-refractivity contribution in [3.63, 3.8) is 0 Å². The Bertz CT molecular complexity index is 531. The van der Waals surface area contributed by atoms with Gasteiger partial charge in [-0.15, -0.1) is 0 Å². The second-order valence-electron chi connectivity index (χ2n) is 3.51. The van der Waals surface area contributed by atoms with E-state index in [0.29, 0.717) is 11.0 Å². The number of nitrogens with one attached hydrogen (secondary N) is 1. The summed E-state index contributed by atoms with van der Waals surface area (Å²) in [5.74, 6) is -0.0915. The topological polar surface area (TPSA) is 34.0 Å². The lowest BCUT2D eigenvalue weighted by Crippen LogP contribution is -2.17. The maximum Gasteiger partial charge on any atom is 0.253 e. The van der Waals surface area contributed by atoms with Crippen LogP contribution in [0.3, 0.4) is 0 Å². The van der Waals surface area contributed by atoms with Crippen molar-refractivity contribution in [1.82, 2.24) is 9.88 Å². The first kappa shape index (κ1) is 9.83. The molecule has 0 aliphatic rings. The SMILES string of the molecule is [B]c1ccc2c(c1)c(C(=O)NC)cn2C. The Kier molecular flexibility index (Phi) is 2.27. The quantitative estimate of drug-likeness (QED) is 0.658. The highest BCUT2D eigenvalue weighted by atomic mass is 16.1. The second kappa shape index (κ2) is 3.46. The summed E-state index contributed by atoms with van der Waals surface area (Å²) in [5.41, 5.74) is 2.32. The summed E-state index contributed by atoms with van der Waals surface area (Å²) in [6.45, 7) is 0. The number of benzene rings is 1. The number of carbonyl (C=O) groups excluding carboxylic acids is 1. The van der Waals surface area contributed by atoms with Crippen molar-refractivity contribution >= 4 is 30.1 Å². The molecule has 74 valence electrons. The largest absolute Gasteiger partial charge is 0.355 e. The average molecular weight is 198 g/mol. The summed E-state index contributed by atoms with van der Waals surface area (Å²) in [5, 5.41) is 3.50. The van der Waals surface area contributed by atoms with Crippen LogP contribution in [0.2, 0.25) is 0 Å². The van der Waals surface area contributed by atoms with Crippen molar-refractivity contribution in [2.24, 2.45) is 7.05 Å². The van der Waals surface area contributed by atoms with E-state index in [9.17, 15) is 4.79 Å². The number of hydrogen-bond acceptors (Lipinski definition) is 1. The lowest BCUT2D eigenvalue weighted by molar-refractivity contribution is 0.0964. The minimum Gasteiger partial charge on any atom is -0.355 e. The molecule has 2 radical (unpaired) electrons. The molecule has 2 rings (SSSR count). The molecule has 4 heteroatoms. The van der Waals surface area contributed by atoms with E-state index in [1.165, 1.54) is 0 Å². The van der Waals surface area contributed by atoms with Crippen molar-refractivity contribution in [2.75, 3.05) is 7.05 Å². The number of amides is 1. The molecule has 1 heterocycles. The lowest BCUT2D eigenvalue weighted by Gasteiger charge is -1.98. The molecule has 1 aromatic carbocycles. The predicted molar refractivity (Wildman–Crippen MR) is 61.7 cm³/mol. The standard InChI is InChI=1S/C11H11BN2O/c1-13-11(15)9-6-14(2)10-4-3-7(12)5-8(9)10/h3-6H,1-2H3,(H,13,15). The van der Waals surface area contributed by atoms with E-state index in [1.54, 1.807) is 7.05 Å². The van der Waals surface area contributed by atoms with Crippen molar-refractivity contribution in [1.29, 1.82) is 0 Å². The van der Waals surface area contributed by atoms with Crippen LogP contribution < -0.4 is 10.8 Å². The Hall–Kier alpha value is -1.71. The molecule has 0 bridgehead atoms. The first-order valence-electron chi connectivity index (χ1n) is 4.70. The first-order chi connectivity index (χ1) is 7.13. The highest BCUT2D eigenvalue weighted by Crippen LogP contribution is 2.18. The van der Waals surface area contributed by atoms with Gasteiger partial charge in [0.2, 0.25) is 0 Å². The smallest absolute Gasteiger partial charge is 0.253 e. The molecule has 2 aromatic rings. The van der Waals surface area contributed by atoms with Gasteiger partial charge < -0.3 is 9.88 Å². The van der Waals surface area contributed by atoms with E-state index in [1.807, 2.05) is 36.0 Å². The molecule has 0 atom stereocenters. The molecule has 0 unspecified atom stereocenters. The van der Waals surface area contributed by atoms with Gasteiger partial charge in [0, 0.05) is 31.2 Å². The molecule has 1 N–H and O–H groups in total. The number of fused-ring (bicyclic) bond motifs is 1. The fraction of sp³-hybridized carbons (Fsp3) is 0.182. The highest BCUT2D eigenvalue weighted by molar-refractivity contribution is 6.33. The van der Waals surface area contributed by atoms with Crippen LogP contribution >= 0.6 is 0 Å². The van der Waals surface area contributed by atoms with Crippen LogP contribution in [0.15, 0.2) is 24.4 Å². The maximum atomic E-state index is 11.6. The molecule has 3 nitrogen and oxygen atoms in total. The number of rotatable bonds is 1. The molecule has 0 aliphatic heterocycles. The lowest BCUT2D eigenvalue weighted by atomic mass is 9.94. The normalized spacial score (nSPS) is 10.5. The van der Waals surface area contributed by atoms with Gasteiger partial charge in [-0.1, -0.05) is 17.6 Å². The van der Waals surface area contributed by atoms with Crippen LogP contribution in [0.5, 0.6) is 0 Å². The molecule has 0 saturated carbocycles. The van der Waals surface area contributed by atoms with E-state index >= 15 is 0 Å².